The van der Waals surface area contributed by atoms with Gasteiger partial charge in [0.05, 0.1) is 12.1 Å². The maximum atomic E-state index is 12.8. The second-order valence-corrected chi connectivity index (χ2v) is 11.7. The van der Waals surface area contributed by atoms with Crippen molar-refractivity contribution < 1.29 is 13.2 Å². The summed E-state index contributed by atoms with van der Waals surface area (Å²) in [6.45, 7) is 1.62. The number of carbonyl (C=O) groups excluding carboxylic acids is 1. The van der Waals surface area contributed by atoms with Gasteiger partial charge in [-0.25, -0.2) is 13.4 Å². The maximum Gasteiger partial charge on any atom is 0.225 e. The molecule has 1 amide bonds. The van der Waals surface area contributed by atoms with Crippen molar-refractivity contribution >= 4 is 26.6 Å². The average Bonchev–Trinajstić information content (AvgIpc) is 3.54. The fourth-order valence-electron chi connectivity index (χ4n) is 5.57. The number of nitrogens with zero attached hydrogens (tertiary/aromatic N) is 4. The summed E-state index contributed by atoms with van der Waals surface area (Å²) in [6.07, 6.45) is 11.6. The van der Waals surface area contributed by atoms with Crippen LogP contribution in [0.25, 0.3) is 10.9 Å². The van der Waals surface area contributed by atoms with Crippen molar-refractivity contribution in [2.75, 3.05) is 13.1 Å². The van der Waals surface area contributed by atoms with Gasteiger partial charge in [0.2, 0.25) is 15.7 Å². The second kappa shape index (κ2) is 8.63. The summed E-state index contributed by atoms with van der Waals surface area (Å²) in [7, 11) is 0.301. The highest BCUT2D eigenvalue weighted by atomic mass is 32.2. The number of benzene rings is 1. The first-order chi connectivity index (χ1) is 15.8. The standard InChI is InChI=1S/C25H32N4O3S/c1-27-15-24(26-17-27)33(31,32)16-18-7-8-23-21(13-18)22(14-28(23)2)19-9-11-29(12-10-19)25(30)20-5-3-4-6-20/h7-8,13-15,17,19-20H,3-6,9-12,16H2,1-2H3. The van der Waals surface area contributed by atoms with E-state index in [0.717, 1.165) is 55.2 Å². The van der Waals surface area contributed by atoms with Crippen LogP contribution in [0.5, 0.6) is 0 Å². The zero-order chi connectivity index (χ0) is 23.2. The molecule has 2 fully saturated rings. The van der Waals surface area contributed by atoms with E-state index in [9.17, 15) is 13.2 Å². The van der Waals surface area contributed by atoms with Crippen molar-refractivity contribution in [3.63, 3.8) is 0 Å². The van der Waals surface area contributed by atoms with Gasteiger partial charge in [-0.05, 0) is 54.9 Å². The van der Waals surface area contributed by atoms with Gasteiger partial charge in [0.15, 0.2) is 5.03 Å². The molecule has 1 saturated carbocycles. The van der Waals surface area contributed by atoms with Gasteiger partial charge in [0.25, 0.3) is 0 Å². The summed E-state index contributed by atoms with van der Waals surface area (Å²) in [6, 6.07) is 5.94. The molecule has 1 aromatic carbocycles. The van der Waals surface area contributed by atoms with E-state index in [0.29, 0.717) is 11.8 Å². The molecular formula is C25H32N4O3S. The quantitative estimate of drug-likeness (QED) is 0.571. The van der Waals surface area contributed by atoms with Gasteiger partial charge < -0.3 is 14.0 Å². The number of piperidine rings is 1. The number of aryl methyl sites for hydroxylation is 2. The molecule has 0 N–H and O–H groups in total. The van der Waals surface area contributed by atoms with Crippen molar-refractivity contribution in [2.24, 2.45) is 20.0 Å². The molecule has 1 saturated heterocycles. The third-order valence-corrected chi connectivity index (χ3v) is 8.95. The number of likely N-dealkylation sites (tertiary alicyclic amines) is 1. The summed E-state index contributed by atoms with van der Waals surface area (Å²) >= 11 is 0. The van der Waals surface area contributed by atoms with Crippen LogP contribution >= 0.6 is 0 Å². The Labute approximate surface area is 195 Å². The molecule has 3 heterocycles. The van der Waals surface area contributed by atoms with Crippen molar-refractivity contribution in [1.82, 2.24) is 19.0 Å². The van der Waals surface area contributed by atoms with Gasteiger partial charge in [0.1, 0.15) is 0 Å². The number of sulfone groups is 1. The highest BCUT2D eigenvalue weighted by molar-refractivity contribution is 7.90. The molecule has 8 heteroatoms. The lowest BCUT2D eigenvalue weighted by Crippen LogP contribution is -2.40. The largest absolute Gasteiger partial charge is 0.350 e. The number of rotatable bonds is 5. The molecule has 7 nitrogen and oxygen atoms in total. The Morgan fingerprint density at radius 1 is 1.06 bits per heavy atom. The topological polar surface area (TPSA) is 77.2 Å². The summed E-state index contributed by atoms with van der Waals surface area (Å²) in [4.78, 5) is 18.9. The molecule has 0 spiro atoms. The van der Waals surface area contributed by atoms with Crippen LogP contribution in [0.3, 0.4) is 0 Å². The predicted molar refractivity (Wildman–Crippen MR) is 128 cm³/mol. The lowest BCUT2D eigenvalue weighted by atomic mass is 9.88. The average molecular weight is 469 g/mol. The molecular weight excluding hydrogens is 436 g/mol. The van der Waals surface area contributed by atoms with Crippen molar-refractivity contribution in [2.45, 2.75) is 55.2 Å². The SMILES string of the molecule is Cn1cnc(S(=O)(=O)Cc2ccc3c(c2)c(C2CCN(C(=O)C4CCCC4)CC2)cn3C)c1. The first-order valence-corrected chi connectivity index (χ1v) is 13.5. The predicted octanol–water partition coefficient (Wildman–Crippen LogP) is 3.78. The molecule has 1 aliphatic carbocycles. The van der Waals surface area contributed by atoms with E-state index in [1.807, 2.05) is 25.2 Å². The molecule has 176 valence electrons. The van der Waals surface area contributed by atoms with Crippen LogP contribution in [0.1, 0.15) is 55.6 Å². The Kier molecular flexibility index (Phi) is 5.80. The van der Waals surface area contributed by atoms with Gasteiger partial charge in [-0.15, -0.1) is 0 Å². The van der Waals surface area contributed by atoms with Crippen molar-refractivity contribution in [1.29, 1.82) is 0 Å². The monoisotopic (exact) mass is 468 g/mol. The minimum atomic E-state index is -3.50. The third kappa shape index (κ3) is 4.33. The van der Waals surface area contributed by atoms with E-state index in [2.05, 4.69) is 20.6 Å². The molecule has 2 aromatic heterocycles. The van der Waals surface area contributed by atoms with Crippen LogP contribution in [0.15, 0.2) is 41.9 Å². The van der Waals surface area contributed by atoms with Crippen LogP contribution in [-0.4, -0.2) is 46.4 Å². The number of aromatic nitrogens is 3. The van der Waals surface area contributed by atoms with Crippen LogP contribution < -0.4 is 0 Å². The van der Waals surface area contributed by atoms with Gasteiger partial charge in [0, 0.05) is 56.4 Å². The zero-order valence-corrected chi connectivity index (χ0v) is 20.2. The number of hydrogen-bond donors (Lipinski definition) is 0. The van der Waals surface area contributed by atoms with E-state index in [1.165, 1.54) is 24.7 Å². The van der Waals surface area contributed by atoms with E-state index in [-0.39, 0.29) is 16.7 Å². The first kappa shape index (κ1) is 22.2. The van der Waals surface area contributed by atoms with Crippen LogP contribution in [-0.2, 0) is 34.5 Å². The summed E-state index contributed by atoms with van der Waals surface area (Å²) in [5, 5.41) is 1.23. The highest BCUT2D eigenvalue weighted by Gasteiger charge is 2.31. The Hall–Kier alpha value is -2.61. The number of fused-ring (bicyclic) bond motifs is 1. The highest BCUT2D eigenvalue weighted by Crippen LogP contribution is 2.36. The summed E-state index contributed by atoms with van der Waals surface area (Å²) in [5.74, 6) is 0.903. The van der Waals surface area contributed by atoms with Crippen LogP contribution in [0.2, 0.25) is 0 Å². The van der Waals surface area contributed by atoms with E-state index in [4.69, 9.17) is 0 Å². The fourth-order valence-corrected chi connectivity index (χ4v) is 6.87. The molecule has 0 unspecified atom stereocenters. The van der Waals surface area contributed by atoms with E-state index in [1.54, 1.807) is 17.8 Å². The van der Waals surface area contributed by atoms with Gasteiger partial charge in [-0.2, -0.15) is 0 Å². The number of imidazole rings is 1. The number of carbonyl (C=O) groups is 1. The Bertz CT molecular complexity index is 1280. The molecule has 0 atom stereocenters. The summed E-state index contributed by atoms with van der Waals surface area (Å²) in [5.41, 5.74) is 3.14. The van der Waals surface area contributed by atoms with Crippen molar-refractivity contribution in [3.05, 3.63) is 48.0 Å². The normalized spacial score (nSPS) is 18.4. The van der Waals surface area contributed by atoms with Gasteiger partial charge in [-0.1, -0.05) is 18.9 Å². The Morgan fingerprint density at radius 2 is 1.79 bits per heavy atom. The minimum Gasteiger partial charge on any atom is -0.350 e. The van der Waals surface area contributed by atoms with E-state index < -0.39 is 9.84 Å². The number of hydrogen-bond acceptors (Lipinski definition) is 4. The molecule has 0 bridgehead atoms. The number of amides is 1. The minimum absolute atomic E-state index is 0.0668. The molecule has 5 rings (SSSR count). The third-order valence-electron chi connectivity index (χ3n) is 7.39. The maximum absolute atomic E-state index is 12.8. The smallest absolute Gasteiger partial charge is 0.225 e. The van der Waals surface area contributed by atoms with Crippen LogP contribution in [0.4, 0.5) is 0 Å². The summed E-state index contributed by atoms with van der Waals surface area (Å²) < 4.78 is 29.4. The fraction of sp³-hybridized carbons (Fsp3) is 0.520. The molecule has 3 aromatic rings. The Morgan fingerprint density at radius 3 is 2.45 bits per heavy atom. The van der Waals surface area contributed by atoms with E-state index >= 15 is 0 Å². The zero-order valence-electron chi connectivity index (χ0n) is 19.4. The molecule has 1 aliphatic heterocycles. The van der Waals surface area contributed by atoms with Gasteiger partial charge >= 0.3 is 0 Å². The van der Waals surface area contributed by atoms with Crippen LogP contribution in [0, 0.1) is 5.92 Å². The lowest BCUT2D eigenvalue weighted by molar-refractivity contribution is -0.136. The molecule has 0 radical (unpaired) electrons. The van der Waals surface area contributed by atoms with Gasteiger partial charge in [-0.3, -0.25) is 4.79 Å². The molecule has 33 heavy (non-hydrogen) atoms. The second-order valence-electron chi connectivity index (χ2n) is 9.76. The van der Waals surface area contributed by atoms with Crippen molar-refractivity contribution in [3.8, 4) is 0 Å². The lowest BCUT2D eigenvalue weighted by Gasteiger charge is -2.33. The first-order valence-electron chi connectivity index (χ1n) is 11.9. The molecule has 2 aliphatic rings. The Balaban J connectivity index is 1.35.